The summed E-state index contributed by atoms with van der Waals surface area (Å²) in [5, 5.41) is 3.34. The molecule has 1 aromatic rings. The van der Waals surface area contributed by atoms with Crippen molar-refractivity contribution in [3.05, 3.63) is 46.6 Å². The summed E-state index contributed by atoms with van der Waals surface area (Å²) in [6.07, 6.45) is -1.36. The molecule has 0 aliphatic carbocycles. The van der Waals surface area contributed by atoms with Crippen LogP contribution < -0.4 is 5.84 Å². The lowest BCUT2D eigenvalue weighted by molar-refractivity contribution is -0.137. The third kappa shape index (κ3) is 4.44. The van der Waals surface area contributed by atoms with E-state index in [2.05, 4.69) is 16.6 Å². The second kappa shape index (κ2) is 8.52. The lowest BCUT2D eigenvalue weighted by Crippen LogP contribution is -2.54. The lowest BCUT2D eigenvalue weighted by Gasteiger charge is -2.41. The van der Waals surface area contributed by atoms with Gasteiger partial charge in [0, 0.05) is 31.9 Å². The van der Waals surface area contributed by atoms with E-state index in [1.165, 1.54) is 17.0 Å². The molecule has 29 heavy (non-hydrogen) atoms. The number of guanidine groups is 1. The summed E-state index contributed by atoms with van der Waals surface area (Å²) in [7, 11) is 0. The zero-order chi connectivity index (χ0) is 21.2. The van der Waals surface area contributed by atoms with Crippen LogP contribution in [0.2, 0.25) is 5.02 Å². The van der Waals surface area contributed by atoms with Crippen molar-refractivity contribution >= 4 is 23.5 Å². The number of hydrogen-bond acceptors (Lipinski definition) is 3. The van der Waals surface area contributed by atoms with Gasteiger partial charge in [0.1, 0.15) is 0 Å². The molecule has 3 rings (SSSR count). The summed E-state index contributed by atoms with van der Waals surface area (Å²) in [5.74, 6) is 5.66. The Morgan fingerprint density at radius 3 is 2.38 bits per heavy atom. The van der Waals surface area contributed by atoms with Crippen molar-refractivity contribution in [1.82, 2.24) is 14.7 Å². The molecular formula is C19H23ClF3N5O. The van der Waals surface area contributed by atoms with Crippen molar-refractivity contribution in [1.29, 1.82) is 0 Å². The minimum Gasteiger partial charge on any atom is -0.341 e. The number of alkyl halides is 3. The number of piperidine rings is 1. The number of nitrogens with two attached hydrogens (primary N) is 1. The number of piperazine rings is 1. The van der Waals surface area contributed by atoms with E-state index in [9.17, 15) is 18.0 Å². The fourth-order valence-corrected chi connectivity index (χ4v) is 3.99. The Hall–Kier alpha value is -2.42. The molecule has 6 nitrogen and oxygen atoms in total. The fraction of sp³-hybridized carbons (Fsp3) is 0.474. The molecule has 158 valence electrons. The van der Waals surface area contributed by atoms with Crippen LogP contribution in [0.3, 0.4) is 0 Å². The van der Waals surface area contributed by atoms with Gasteiger partial charge in [0.2, 0.25) is 5.96 Å². The van der Waals surface area contributed by atoms with Gasteiger partial charge in [-0.1, -0.05) is 24.2 Å². The van der Waals surface area contributed by atoms with Crippen LogP contribution in [-0.2, 0) is 6.18 Å². The van der Waals surface area contributed by atoms with Crippen molar-refractivity contribution in [2.24, 2.45) is 10.9 Å². The van der Waals surface area contributed by atoms with Gasteiger partial charge >= 0.3 is 6.18 Å². The second-order valence-electron chi connectivity index (χ2n) is 7.09. The number of carbonyl (C=O) groups is 1. The Balaban J connectivity index is 1.74. The van der Waals surface area contributed by atoms with E-state index in [1.807, 2.05) is 4.90 Å². The first kappa shape index (κ1) is 21.3. The first-order valence-electron chi connectivity index (χ1n) is 9.37. The van der Waals surface area contributed by atoms with Gasteiger partial charge in [0.25, 0.3) is 5.91 Å². The van der Waals surface area contributed by atoms with Crippen LogP contribution in [0, 0.1) is 0 Å². The third-order valence-electron chi connectivity index (χ3n) is 5.17. The molecule has 2 fully saturated rings. The van der Waals surface area contributed by atoms with Gasteiger partial charge in [-0.15, -0.1) is 5.10 Å². The van der Waals surface area contributed by atoms with Gasteiger partial charge in [-0.25, -0.2) is 0 Å². The van der Waals surface area contributed by atoms with Crippen molar-refractivity contribution < 1.29 is 18.0 Å². The SMILES string of the molecule is C=C1CN(C(=O)c2cccc(C(F)(F)F)c2Cl)CCN1/C(=N\N)N1CCCCC1. The van der Waals surface area contributed by atoms with E-state index >= 15 is 0 Å². The van der Waals surface area contributed by atoms with Gasteiger partial charge in [0.05, 0.1) is 22.7 Å². The van der Waals surface area contributed by atoms with Crippen LogP contribution in [0.1, 0.15) is 35.2 Å². The maximum Gasteiger partial charge on any atom is 0.417 e. The Bertz CT molecular complexity index is 821. The highest BCUT2D eigenvalue weighted by molar-refractivity contribution is 6.34. The lowest BCUT2D eigenvalue weighted by atomic mass is 10.1. The zero-order valence-electron chi connectivity index (χ0n) is 15.9. The molecular weight excluding hydrogens is 407 g/mol. The van der Waals surface area contributed by atoms with Gasteiger partial charge in [-0.05, 0) is 31.4 Å². The molecule has 2 aliphatic rings. The number of likely N-dealkylation sites (tertiary alicyclic amines) is 1. The van der Waals surface area contributed by atoms with Crippen LogP contribution in [-0.4, -0.2) is 59.3 Å². The number of rotatable bonds is 1. The highest BCUT2D eigenvalue weighted by Crippen LogP contribution is 2.36. The molecule has 0 saturated carbocycles. The second-order valence-corrected chi connectivity index (χ2v) is 7.46. The number of hydrogen-bond donors (Lipinski definition) is 1. The van der Waals surface area contributed by atoms with Crippen LogP contribution in [0.4, 0.5) is 13.2 Å². The average molecular weight is 430 g/mol. The topological polar surface area (TPSA) is 65.2 Å². The van der Waals surface area contributed by atoms with Crippen molar-refractivity contribution in [3.8, 4) is 0 Å². The zero-order valence-corrected chi connectivity index (χ0v) is 16.6. The van der Waals surface area contributed by atoms with Crippen molar-refractivity contribution in [2.75, 3.05) is 32.7 Å². The van der Waals surface area contributed by atoms with Gasteiger partial charge < -0.3 is 20.5 Å². The standard InChI is InChI=1S/C19H23ClF3N5O/c1-13-12-27(10-11-28(13)18(25-24)26-8-3-2-4-9-26)17(29)14-6-5-7-15(16(14)20)19(21,22)23/h5-7H,1-4,8-12,24H2/b25-18-. The molecule has 2 heterocycles. The average Bonchev–Trinajstić information content (AvgIpc) is 2.69. The first-order chi connectivity index (χ1) is 13.7. The molecule has 2 N–H and O–H groups in total. The van der Waals surface area contributed by atoms with Gasteiger partial charge in [-0.2, -0.15) is 13.2 Å². The number of carbonyl (C=O) groups excluding carboxylic acids is 1. The minimum absolute atomic E-state index is 0.151. The predicted octanol–water partition coefficient (Wildman–Crippen LogP) is 3.35. The largest absolute Gasteiger partial charge is 0.417 e. The third-order valence-corrected chi connectivity index (χ3v) is 5.57. The summed E-state index contributed by atoms with van der Waals surface area (Å²) >= 11 is 5.90. The maximum atomic E-state index is 13.1. The smallest absolute Gasteiger partial charge is 0.341 e. The molecule has 0 radical (unpaired) electrons. The highest BCUT2D eigenvalue weighted by atomic mass is 35.5. The molecule has 0 unspecified atom stereocenters. The molecule has 2 saturated heterocycles. The predicted molar refractivity (Wildman–Crippen MR) is 105 cm³/mol. The quantitative estimate of drug-likeness (QED) is 0.322. The number of halogens is 4. The number of hydrazone groups is 1. The molecule has 1 amide bonds. The summed E-state index contributed by atoms with van der Waals surface area (Å²) in [5.41, 5.74) is -0.598. The monoisotopic (exact) mass is 429 g/mol. The number of benzene rings is 1. The van der Waals surface area contributed by atoms with Crippen LogP contribution in [0.5, 0.6) is 0 Å². The van der Waals surface area contributed by atoms with Crippen molar-refractivity contribution in [3.63, 3.8) is 0 Å². The van der Waals surface area contributed by atoms with E-state index in [1.54, 1.807) is 0 Å². The Morgan fingerprint density at radius 1 is 1.10 bits per heavy atom. The number of nitrogens with zero attached hydrogens (tertiary/aromatic N) is 4. The van der Waals surface area contributed by atoms with Crippen molar-refractivity contribution in [2.45, 2.75) is 25.4 Å². The molecule has 0 aromatic heterocycles. The molecule has 0 atom stereocenters. The molecule has 0 spiro atoms. The minimum atomic E-state index is -4.63. The van der Waals surface area contributed by atoms with E-state index < -0.39 is 22.7 Å². The molecule has 0 bridgehead atoms. The maximum absolute atomic E-state index is 13.1. The van der Waals surface area contributed by atoms with E-state index in [0.29, 0.717) is 18.2 Å². The molecule has 2 aliphatic heterocycles. The normalized spacial score (nSPS) is 19.0. The summed E-state index contributed by atoms with van der Waals surface area (Å²) in [6.45, 7) is 6.56. The Morgan fingerprint density at radius 2 is 1.79 bits per heavy atom. The van der Waals surface area contributed by atoms with Gasteiger partial charge in [-0.3, -0.25) is 4.79 Å². The summed E-state index contributed by atoms with van der Waals surface area (Å²) in [6, 6.07) is 3.34. The van der Waals surface area contributed by atoms with Gasteiger partial charge in [0.15, 0.2) is 0 Å². The van der Waals surface area contributed by atoms with Crippen LogP contribution in [0.25, 0.3) is 0 Å². The molecule has 10 heteroatoms. The first-order valence-corrected chi connectivity index (χ1v) is 9.75. The van der Waals surface area contributed by atoms with Crippen LogP contribution in [0.15, 0.2) is 35.6 Å². The van der Waals surface area contributed by atoms with Crippen LogP contribution >= 0.6 is 11.6 Å². The Labute approximate surface area is 172 Å². The Kier molecular flexibility index (Phi) is 6.26. The van der Waals surface area contributed by atoms with E-state index in [-0.39, 0.29) is 18.7 Å². The fourth-order valence-electron chi connectivity index (χ4n) is 3.68. The van der Waals surface area contributed by atoms with E-state index in [0.717, 1.165) is 38.4 Å². The van der Waals surface area contributed by atoms with E-state index in [4.69, 9.17) is 17.4 Å². The summed E-state index contributed by atoms with van der Waals surface area (Å²) < 4.78 is 39.3. The number of amides is 1. The summed E-state index contributed by atoms with van der Waals surface area (Å²) in [4.78, 5) is 18.2. The molecule has 1 aromatic carbocycles. The highest BCUT2D eigenvalue weighted by Gasteiger charge is 2.36.